The summed E-state index contributed by atoms with van der Waals surface area (Å²) in [5.74, 6) is -2.54. The summed E-state index contributed by atoms with van der Waals surface area (Å²) in [6.07, 6.45) is 3.06. The van der Waals surface area contributed by atoms with Crippen molar-refractivity contribution in [2.24, 2.45) is 0 Å². The maximum Gasteiger partial charge on any atom is 0.201 e. The van der Waals surface area contributed by atoms with Crippen LogP contribution in [0.5, 0.6) is 0 Å². The summed E-state index contributed by atoms with van der Waals surface area (Å²) in [6.45, 7) is 0. The van der Waals surface area contributed by atoms with E-state index in [1.807, 2.05) is 12.1 Å². The van der Waals surface area contributed by atoms with Crippen LogP contribution in [0.4, 0.5) is 14.5 Å². The molecule has 0 fully saturated rings. The Morgan fingerprint density at radius 2 is 1.73 bits per heavy atom. The number of carbonyl (C=O) groups excluding carboxylic acids is 1. The van der Waals surface area contributed by atoms with Crippen LogP contribution in [-0.2, 0) is 0 Å². The fourth-order valence-electron chi connectivity index (χ4n) is 2.92. The van der Waals surface area contributed by atoms with Crippen LogP contribution in [0, 0.1) is 11.6 Å². The number of carbonyl (C=O) groups is 1. The molecule has 0 saturated carbocycles. The number of hydrogen-bond donors (Lipinski definition) is 2. The molecule has 0 saturated heterocycles. The minimum Gasteiger partial charge on any atom is -0.399 e. The van der Waals surface area contributed by atoms with Crippen LogP contribution in [0.1, 0.15) is 15.9 Å². The summed E-state index contributed by atoms with van der Waals surface area (Å²) in [5.41, 5.74) is 8.01. The number of nitrogens with zero attached hydrogens (tertiary/aromatic N) is 1. The first kappa shape index (κ1) is 16.0. The zero-order chi connectivity index (χ0) is 18.3. The summed E-state index contributed by atoms with van der Waals surface area (Å²) in [4.78, 5) is 19.9. The van der Waals surface area contributed by atoms with Crippen molar-refractivity contribution in [2.45, 2.75) is 0 Å². The van der Waals surface area contributed by atoms with Gasteiger partial charge in [0.2, 0.25) is 5.78 Å². The molecule has 3 N–H and O–H groups in total. The van der Waals surface area contributed by atoms with E-state index >= 15 is 0 Å². The number of nitrogens with two attached hydrogens (primary N) is 1. The molecule has 4 rings (SSSR count). The van der Waals surface area contributed by atoms with Crippen LogP contribution in [0.2, 0.25) is 0 Å². The normalized spacial score (nSPS) is 11.0. The molecule has 0 unspecified atom stereocenters. The number of benzene rings is 2. The average Bonchev–Trinajstić information content (AvgIpc) is 3.04. The number of hydrogen-bond acceptors (Lipinski definition) is 3. The monoisotopic (exact) mass is 349 g/mol. The van der Waals surface area contributed by atoms with Gasteiger partial charge in [0.1, 0.15) is 17.3 Å². The number of pyridine rings is 1. The molecule has 0 bridgehead atoms. The quantitative estimate of drug-likeness (QED) is 0.427. The predicted octanol–water partition coefficient (Wildman–Crippen LogP) is 4.32. The fourth-order valence-corrected chi connectivity index (χ4v) is 2.92. The number of H-pyrrole nitrogens is 1. The zero-order valence-electron chi connectivity index (χ0n) is 13.5. The van der Waals surface area contributed by atoms with E-state index in [4.69, 9.17) is 5.73 Å². The van der Waals surface area contributed by atoms with Crippen molar-refractivity contribution in [1.29, 1.82) is 0 Å². The van der Waals surface area contributed by atoms with Gasteiger partial charge in [-0.25, -0.2) is 13.8 Å². The molecule has 2 aromatic heterocycles. The van der Waals surface area contributed by atoms with Gasteiger partial charge in [-0.15, -0.1) is 0 Å². The number of anilines is 1. The van der Waals surface area contributed by atoms with E-state index in [9.17, 15) is 13.6 Å². The standard InChI is InChI=1S/C20H13F2N3O/c21-16-5-2-6-17(22)18(16)19(26)15-10-25-20-14(15)8-12(9-24-20)11-3-1-4-13(23)7-11/h1-10H,23H2,(H,24,25). The molecule has 4 aromatic rings. The number of nitrogen functional groups attached to an aromatic ring is 1. The van der Waals surface area contributed by atoms with Gasteiger partial charge in [0.05, 0.1) is 5.56 Å². The van der Waals surface area contributed by atoms with Gasteiger partial charge in [0, 0.05) is 34.6 Å². The second-order valence-electron chi connectivity index (χ2n) is 5.87. The Morgan fingerprint density at radius 3 is 2.46 bits per heavy atom. The van der Waals surface area contributed by atoms with Crippen LogP contribution in [0.25, 0.3) is 22.2 Å². The maximum absolute atomic E-state index is 14.0. The molecule has 0 amide bonds. The highest BCUT2D eigenvalue weighted by Gasteiger charge is 2.22. The van der Waals surface area contributed by atoms with Crippen LogP contribution in [-0.4, -0.2) is 15.8 Å². The lowest BCUT2D eigenvalue weighted by molar-refractivity contribution is 0.103. The van der Waals surface area contributed by atoms with E-state index in [0.717, 1.165) is 23.3 Å². The Morgan fingerprint density at radius 1 is 1.00 bits per heavy atom. The van der Waals surface area contributed by atoms with Gasteiger partial charge >= 0.3 is 0 Å². The minimum atomic E-state index is -0.899. The summed E-state index contributed by atoms with van der Waals surface area (Å²) in [7, 11) is 0. The second kappa shape index (κ2) is 6.07. The molecular formula is C20H13F2N3O. The van der Waals surface area contributed by atoms with Gasteiger partial charge in [-0.2, -0.15) is 0 Å². The highest BCUT2D eigenvalue weighted by atomic mass is 19.1. The Balaban J connectivity index is 1.86. The second-order valence-corrected chi connectivity index (χ2v) is 5.87. The number of aromatic amines is 1. The molecule has 6 heteroatoms. The lowest BCUT2D eigenvalue weighted by atomic mass is 10.00. The molecule has 0 spiro atoms. The van der Waals surface area contributed by atoms with Crippen molar-refractivity contribution in [1.82, 2.24) is 9.97 Å². The molecule has 0 aliphatic rings. The third-order valence-corrected chi connectivity index (χ3v) is 4.19. The van der Waals surface area contributed by atoms with Gasteiger partial charge in [0.15, 0.2) is 0 Å². The summed E-state index contributed by atoms with van der Waals surface area (Å²) >= 11 is 0. The van der Waals surface area contributed by atoms with E-state index < -0.39 is 23.0 Å². The molecule has 2 aromatic carbocycles. The predicted molar refractivity (Wildman–Crippen MR) is 95.7 cm³/mol. The lowest BCUT2D eigenvalue weighted by Crippen LogP contribution is -2.07. The van der Waals surface area contributed by atoms with Crippen molar-refractivity contribution < 1.29 is 13.6 Å². The Labute approximate surface area is 147 Å². The molecule has 128 valence electrons. The van der Waals surface area contributed by atoms with Gasteiger partial charge in [0.25, 0.3) is 0 Å². The maximum atomic E-state index is 14.0. The van der Waals surface area contributed by atoms with E-state index in [-0.39, 0.29) is 5.56 Å². The first-order chi connectivity index (χ1) is 12.5. The Hall–Kier alpha value is -3.54. The molecule has 2 heterocycles. The number of aromatic nitrogens is 2. The zero-order valence-corrected chi connectivity index (χ0v) is 13.5. The van der Waals surface area contributed by atoms with Crippen molar-refractivity contribution in [3.05, 3.63) is 83.7 Å². The first-order valence-electron chi connectivity index (χ1n) is 7.86. The van der Waals surface area contributed by atoms with Crippen molar-refractivity contribution in [3.8, 4) is 11.1 Å². The lowest BCUT2D eigenvalue weighted by Gasteiger charge is -2.05. The average molecular weight is 349 g/mol. The topological polar surface area (TPSA) is 71.8 Å². The van der Waals surface area contributed by atoms with Gasteiger partial charge in [-0.3, -0.25) is 4.79 Å². The summed E-state index contributed by atoms with van der Waals surface area (Å²) in [6, 6.07) is 12.3. The van der Waals surface area contributed by atoms with Crippen molar-refractivity contribution in [2.75, 3.05) is 5.73 Å². The molecule has 0 aliphatic carbocycles. The fraction of sp³-hybridized carbons (Fsp3) is 0. The third-order valence-electron chi connectivity index (χ3n) is 4.19. The Kier molecular flexibility index (Phi) is 3.73. The van der Waals surface area contributed by atoms with Gasteiger partial charge in [-0.05, 0) is 35.9 Å². The molecule has 26 heavy (non-hydrogen) atoms. The number of nitrogens with one attached hydrogen (secondary N) is 1. The van der Waals surface area contributed by atoms with E-state index in [0.29, 0.717) is 16.7 Å². The Bertz CT molecular complexity index is 1130. The van der Waals surface area contributed by atoms with Crippen LogP contribution in [0.15, 0.2) is 60.9 Å². The van der Waals surface area contributed by atoms with Gasteiger partial charge in [-0.1, -0.05) is 18.2 Å². The number of fused-ring (bicyclic) bond motifs is 1. The first-order valence-corrected chi connectivity index (χ1v) is 7.86. The minimum absolute atomic E-state index is 0.155. The summed E-state index contributed by atoms with van der Waals surface area (Å²) < 4.78 is 28.0. The molecule has 0 radical (unpaired) electrons. The SMILES string of the molecule is Nc1cccc(-c2cnc3[nH]cc(C(=O)c4c(F)cccc4F)c3c2)c1. The van der Waals surface area contributed by atoms with Crippen LogP contribution >= 0.6 is 0 Å². The highest BCUT2D eigenvalue weighted by molar-refractivity contribution is 6.16. The van der Waals surface area contributed by atoms with Crippen molar-refractivity contribution in [3.63, 3.8) is 0 Å². The highest BCUT2D eigenvalue weighted by Crippen LogP contribution is 2.28. The van der Waals surface area contributed by atoms with Crippen molar-refractivity contribution >= 4 is 22.5 Å². The van der Waals surface area contributed by atoms with Gasteiger partial charge < -0.3 is 10.7 Å². The smallest absolute Gasteiger partial charge is 0.201 e. The molecular weight excluding hydrogens is 336 g/mol. The van der Waals surface area contributed by atoms with E-state index in [1.165, 1.54) is 12.3 Å². The molecule has 0 aliphatic heterocycles. The molecule has 0 atom stereocenters. The summed E-state index contributed by atoms with van der Waals surface area (Å²) in [5, 5.41) is 0.484. The third kappa shape index (κ3) is 2.61. The molecule has 4 nitrogen and oxygen atoms in total. The number of rotatable bonds is 3. The van der Waals surface area contributed by atoms with Crippen LogP contribution < -0.4 is 5.73 Å². The number of halogens is 2. The van der Waals surface area contributed by atoms with Crippen LogP contribution in [0.3, 0.4) is 0 Å². The largest absolute Gasteiger partial charge is 0.399 e. The van der Waals surface area contributed by atoms with E-state index in [1.54, 1.807) is 24.4 Å². The number of ketones is 1. The van der Waals surface area contributed by atoms with E-state index in [2.05, 4.69) is 9.97 Å².